The van der Waals surface area contributed by atoms with Gasteiger partial charge in [0.05, 0.1) is 12.1 Å². The Morgan fingerprint density at radius 3 is 2.13 bits per heavy atom. The summed E-state index contributed by atoms with van der Waals surface area (Å²) in [7, 11) is -5.66. The Labute approximate surface area is 169 Å². The molecule has 2 aromatic carbocycles. The van der Waals surface area contributed by atoms with E-state index in [1.807, 2.05) is 0 Å². The lowest BCUT2D eigenvalue weighted by molar-refractivity contribution is -0.152. The second-order valence-electron chi connectivity index (χ2n) is 6.42. The average molecular weight is 464 g/mol. The number of aromatic hydroxyl groups is 1. The molecule has 0 fully saturated rings. The zero-order valence-electron chi connectivity index (χ0n) is 14.6. The van der Waals surface area contributed by atoms with E-state index in [1.54, 1.807) is 0 Å². The van der Waals surface area contributed by atoms with Crippen molar-refractivity contribution in [1.82, 2.24) is 10.1 Å². The summed E-state index contributed by atoms with van der Waals surface area (Å²) in [6, 6.07) is 2.03. The number of phenols is 1. The molecule has 2 aromatic rings. The number of carbonyl (C=O) groups is 2. The molecule has 0 radical (unpaired) electrons. The lowest BCUT2D eigenvalue weighted by Gasteiger charge is -2.16. The van der Waals surface area contributed by atoms with E-state index in [2.05, 4.69) is 4.28 Å². The monoisotopic (exact) mass is 464 g/mol. The first-order chi connectivity index (χ1) is 14.4. The van der Waals surface area contributed by atoms with E-state index in [0.29, 0.717) is 0 Å². The molecule has 0 saturated heterocycles. The van der Waals surface area contributed by atoms with Gasteiger partial charge in [0, 0.05) is 11.1 Å². The minimum atomic E-state index is -5.66. The summed E-state index contributed by atoms with van der Waals surface area (Å²) >= 11 is 0. The summed E-state index contributed by atoms with van der Waals surface area (Å²) in [5.74, 6) is -14.0. The first-order valence-electron chi connectivity index (χ1n) is 8.05. The molecule has 0 aliphatic carbocycles. The summed E-state index contributed by atoms with van der Waals surface area (Å²) in [4.78, 5) is 22.1. The number of amides is 2. The zero-order valence-corrected chi connectivity index (χ0v) is 15.5. The van der Waals surface area contributed by atoms with E-state index < -0.39 is 68.6 Å². The molecule has 0 aromatic heterocycles. The fourth-order valence-corrected chi connectivity index (χ4v) is 4.20. The highest BCUT2D eigenvalue weighted by molar-refractivity contribution is 7.86. The van der Waals surface area contributed by atoms with Crippen LogP contribution in [0.5, 0.6) is 5.75 Å². The minimum Gasteiger partial charge on any atom is -0.503 e. The largest absolute Gasteiger partial charge is 0.503 e. The lowest BCUT2D eigenvalue weighted by atomic mass is 10.0. The van der Waals surface area contributed by atoms with Gasteiger partial charge in [-0.2, -0.15) is 27.3 Å². The zero-order chi connectivity index (χ0) is 23.0. The fourth-order valence-electron chi connectivity index (χ4n) is 3.15. The molecule has 2 aliphatic rings. The highest BCUT2D eigenvalue weighted by atomic mass is 32.2. The van der Waals surface area contributed by atoms with Gasteiger partial charge in [0.15, 0.2) is 28.5 Å². The summed E-state index contributed by atoms with van der Waals surface area (Å²) in [5.41, 5.74) is -0.672. The number of phenolic OH excluding ortho intramolecular Hbond substituents is 1. The number of hydroxylamine groups is 4. The van der Waals surface area contributed by atoms with Crippen LogP contribution in [-0.2, 0) is 20.9 Å². The predicted octanol–water partition coefficient (Wildman–Crippen LogP) is 1.06. The SMILES string of the molecule is O=C1c2cc3c(cc2CN1OS(=O)(=O)c1c(F)c(F)c(O)c(F)c1F)C(=O)N(O)C3O. The molecule has 10 nitrogen and oxygen atoms in total. The third kappa shape index (κ3) is 2.85. The highest BCUT2D eigenvalue weighted by Gasteiger charge is 2.42. The van der Waals surface area contributed by atoms with Crippen LogP contribution in [0.1, 0.15) is 38.1 Å². The van der Waals surface area contributed by atoms with Crippen LogP contribution in [0, 0.1) is 23.3 Å². The van der Waals surface area contributed by atoms with Crippen LogP contribution in [0.25, 0.3) is 0 Å². The lowest BCUT2D eigenvalue weighted by Crippen LogP contribution is -2.29. The summed E-state index contributed by atoms with van der Waals surface area (Å²) in [6.07, 6.45) is -1.80. The second kappa shape index (κ2) is 6.61. The number of benzene rings is 2. The van der Waals surface area contributed by atoms with Crippen LogP contribution in [-0.4, -0.2) is 45.8 Å². The van der Waals surface area contributed by atoms with Gasteiger partial charge in [-0.05, 0) is 17.7 Å². The molecule has 1 unspecified atom stereocenters. The molecule has 0 bridgehead atoms. The van der Waals surface area contributed by atoms with Crippen molar-refractivity contribution in [2.75, 3.05) is 0 Å². The van der Waals surface area contributed by atoms with Crippen molar-refractivity contribution < 1.29 is 55.3 Å². The van der Waals surface area contributed by atoms with E-state index >= 15 is 0 Å². The fraction of sp³-hybridized carbons (Fsp3) is 0.125. The Bertz CT molecular complexity index is 1270. The maximum Gasteiger partial charge on any atom is 0.323 e. The van der Waals surface area contributed by atoms with Gasteiger partial charge in [0.2, 0.25) is 11.6 Å². The van der Waals surface area contributed by atoms with Crippen LogP contribution < -0.4 is 0 Å². The molecule has 0 saturated carbocycles. The van der Waals surface area contributed by atoms with E-state index in [0.717, 1.165) is 12.1 Å². The van der Waals surface area contributed by atoms with E-state index in [1.165, 1.54) is 0 Å². The first-order valence-corrected chi connectivity index (χ1v) is 9.46. The molecule has 31 heavy (non-hydrogen) atoms. The number of aliphatic hydroxyl groups excluding tert-OH is 1. The van der Waals surface area contributed by atoms with Crippen LogP contribution in [0.4, 0.5) is 17.6 Å². The van der Waals surface area contributed by atoms with Crippen molar-refractivity contribution in [3.05, 3.63) is 57.7 Å². The number of nitrogens with zero attached hydrogens (tertiary/aromatic N) is 2. The van der Waals surface area contributed by atoms with Gasteiger partial charge >= 0.3 is 10.1 Å². The van der Waals surface area contributed by atoms with Crippen LogP contribution in [0.2, 0.25) is 0 Å². The van der Waals surface area contributed by atoms with Crippen LogP contribution in [0.15, 0.2) is 17.0 Å². The van der Waals surface area contributed by atoms with Gasteiger partial charge in [-0.1, -0.05) is 0 Å². The normalized spacial score (nSPS) is 18.1. The standard InChI is InChI=1S/C16H8F4N2O8S/c17-8-10(19)13(11(20)9(18)12(8)23)31(28,29)30-21-3-4-1-6-7(2-5(4)14(21)24)16(26)22(27)15(6)25/h1-2,16,23,26-27H,3H2. The Balaban J connectivity index is 1.70. The quantitative estimate of drug-likeness (QED) is 0.348. The maximum atomic E-state index is 13.9. The minimum absolute atomic E-state index is 0.00248. The number of aliphatic hydroxyl groups is 1. The molecule has 164 valence electrons. The van der Waals surface area contributed by atoms with Crippen LogP contribution >= 0.6 is 0 Å². The van der Waals surface area contributed by atoms with E-state index in [9.17, 15) is 45.9 Å². The number of hydrogen-bond donors (Lipinski definition) is 3. The van der Waals surface area contributed by atoms with Gasteiger partial charge in [-0.3, -0.25) is 14.8 Å². The number of halogens is 4. The van der Waals surface area contributed by atoms with Gasteiger partial charge in [-0.25, -0.2) is 8.78 Å². The van der Waals surface area contributed by atoms with Crippen molar-refractivity contribution in [1.29, 1.82) is 0 Å². The molecule has 4 rings (SSSR count). The van der Waals surface area contributed by atoms with E-state index in [-0.39, 0.29) is 32.4 Å². The molecule has 2 aliphatic heterocycles. The molecular weight excluding hydrogens is 456 g/mol. The summed E-state index contributed by atoms with van der Waals surface area (Å²) < 4.78 is 83.7. The van der Waals surface area contributed by atoms with Crippen LogP contribution in [0.3, 0.4) is 0 Å². The molecule has 2 heterocycles. The number of fused-ring (bicyclic) bond motifs is 2. The van der Waals surface area contributed by atoms with Crippen molar-refractivity contribution in [3.63, 3.8) is 0 Å². The maximum absolute atomic E-state index is 13.9. The smallest absolute Gasteiger partial charge is 0.323 e. The average Bonchev–Trinajstić information content (AvgIpc) is 3.12. The predicted molar refractivity (Wildman–Crippen MR) is 85.4 cm³/mol. The number of carbonyl (C=O) groups excluding carboxylic acids is 2. The second-order valence-corrected chi connectivity index (χ2v) is 7.89. The third-order valence-electron chi connectivity index (χ3n) is 4.63. The van der Waals surface area contributed by atoms with Crippen molar-refractivity contribution in [2.24, 2.45) is 0 Å². The Kier molecular flexibility index (Phi) is 4.48. The molecular formula is C16H8F4N2O8S. The first kappa shape index (κ1) is 21.0. The molecule has 3 N–H and O–H groups in total. The van der Waals surface area contributed by atoms with E-state index in [4.69, 9.17) is 5.11 Å². The van der Waals surface area contributed by atoms with Gasteiger partial charge in [0.25, 0.3) is 11.8 Å². The third-order valence-corrected chi connectivity index (χ3v) is 5.87. The molecule has 0 spiro atoms. The van der Waals surface area contributed by atoms with Crippen molar-refractivity contribution in [2.45, 2.75) is 17.7 Å². The van der Waals surface area contributed by atoms with Crippen molar-refractivity contribution >= 4 is 21.9 Å². The topological polar surface area (TPSA) is 145 Å². The van der Waals surface area contributed by atoms with Crippen molar-refractivity contribution in [3.8, 4) is 5.75 Å². The molecule has 15 heteroatoms. The summed E-state index contributed by atoms with van der Waals surface area (Å²) in [6.45, 7) is -0.679. The number of rotatable bonds is 3. The van der Waals surface area contributed by atoms with Gasteiger partial charge < -0.3 is 10.2 Å². The number of hydrogen-bond acceptors (Lipinski definition) is 8. The Morgan fingerprint density at radius 1 is 0.968 bits per heavy atom. The Morgan fingerprint density at radius 2 is 1.55 bits per heavy atom. The van der Waals surface area contributed by atoms with Gasteiger partial charge in [-0.15, -0.1) is 4.28 Å². The molecule has 1 atom stereocenters. The van der Waals surface area contributed by atoms with Gasteiger partial charge in [0.1, 0.15) is 0 Å². The Hall–Kier alpha value is -3.27. The highest BCUT2D eigenvalue weighted by Crippen LogP contribution is 2.37. The molecule has 2 amide bonds. The summed E-state index contributed by atoms with van der Waals surface area (Å²) in [5, 5.41) is 28.3.